The Morgan fingerprint density at radius 2 is 1.88 bits per heavy atom. The molecule has 1 aromatic heterocycles. The van der Waals surface area contributed by atoms with Crippen LogP contribution in [0.15, 0.2) is 58.9 Å². The molecule has 1 amide bonds. The van der Waals surface area contributed by atoms with Gasteiger partial charge in [0.1, 0.15) is 0 Å². The van der Waals surface area contributed by atoms with Gasteiger partial charge in [0.05, 0.1) is 0 Å². The molecule has 0 aliphatic heterocycles. The van der Waals surface area contributed by atoms with Crippen molar-refractivity contribution in [2.75, 3.05) is 5.32 Å². The predicted octanol–water partition coefficient (Wildman–Crippen LogP) is 5.44. The van der Waals surface area contributed by atoms with E-state index in [0.717, 1.165) is 15.7 Å². The van der Waals surface area contributed by atoms with E-state index in [9.17, 15) is 4.79 Å². The topological polar surface area (TPSA) is 54.9 Å². The third-order valence-electron chi connectivity index (χ3n) is 3.42. The van der Waals surface area contributed by atoms with Crippen LogP contribution in [0.2, 0.25) is 5.02 Å². The number of hydrogen-bond donors (Lipinski definition) is 1. The third-order valence-corrected chi connectivity index (χ3v) is 5.71. The highest BCUT2D eigenvalue weighted by Crippen LogP contribution is 2.28. The first-order chi connectivity index (χ1) is 12.6. The first-order valence-corrected chi connectivity index (χ1v) is 10.0. The molecule has 3 rings (SSSR count). The fourth-order valence-corrected chi connectivity index (χ4v) is 3.88. The number of carbonyl (C=O) groups excluding carboxylic acids is 1. The Balaban J connectivity index is 1.51. The van der Waals surface area contributed by atoms with Crippen LogP contribution in [0.4, 0.5) is 5.13 Å². The van der Waals surface area contributed by atoms with Gasteiger partial charge in [0.15, 0.2) is 4.34 Å². The quantitative estimate of drug-likeness (QED) is 0.339. The Hall–Kier alpha value is -2.15. The number of aryl methyl sites for hydroxylation is 1. The molecule has 4 nitrogen and oxygen atoms in total. The normalized spacial score (nSPS) is 11.0. The number of amides is 1. The molecular weight excluding hydrogens is 386 g/mol. The molecule has 0 aliphatic carbocycles. The summed E-state index contributed by atoms with van der Waals surface area (Å²) >= 11 is 8.80. The summed E-state index contributed by atoms with van der Waals surface area (Å²) in [7, 11) is 0. The Morgan fingerprint density at radius 3 is 2.62 bits per heavy atom. The fraction of sp³-hybridized carbons (Fsp3) is 0.105. The van der Waals surface area contributed by atoms with Gasteiger partial charge in [0.25, 0.3) is 0 Å². The Morgan fingerprint density at radius 1 is 1.15 bits per heavy atom. The molecule has 7 heteroatoms. The number of anilines is 1. The van der Waals surface area contributed by atoms with E-state index in [1.54, 1.807) is 30.0 Å². The first kappa shape index (κ1) is 18.6. The largest absolute Gasteiger partial charge is 0.297 e. The molecular formula is C19H16ClN3OS2. The van der Waals surface area contributed by atoms with Crippen molar-refractivity contribution in [1.82, 2.24) is 10.2 Å². The lowest BCUT2D eigenvalue weighted by atomic mass is 10.2. The third kappa shape index (κ3) is 5.69. The van der Waals surface area contributed by atoms with Crippen molar-refractivity contribution in [3.63, 3.8) is 0 Å². The second kappa shape index (κ2) is 8.98. The summed E-state index contributed by atoms with van der Waals surface area (Å²) in [6.45, 7) is 2.07. The lowest BCUT2D eigenvalue weighted by Gasteiger charge is -1.99. The van der Waals surface area contributed by atoms with Crippen molar-refractivity contribution in [2.45, 2.75) is 17.0 Å². The highest BCUT2D eigenvalue weighted by atomic mass is 35.5. The van der Waals surface area contributed by atoms with Crippen LogP contribution in [-0.4, -0.2) is 16.1 Å². The van der Waals surface area contributed by atoms with E-state index in [4.69, 9.17) is 11.6 Å². The molecule has 0 bridgehead atoms. The van der Waals surface area contributed by atoms with Gasteiger partial charge in [0, 0.05) is 16.9 Å². The molecule has 0 saturated carbocycles. The molecule has 0 atom stereocenters. The van der Waals surface area contributed by atoms with Gasteiger partial charge in [-0.05, 0) is 36.3 Å². The van der Waals surface area contributed by atoms with Gasteiger partial charge < -0.3 is 0 Å². The molecule has 2 aromatic carbocycles. The Labute approximate surface area is 165 Å². The molecule has 132 valence electrons. The number of halogens is 1. The van der Waals surface area contributed by atoms with Crippen LogP contribution in [0.3, 0.4) is 0 Å². The summed E-state index contributed by atoms with van der Waals surface area (Å²) < 4.78 is 0.822. The predicted molar refractivity (Wildman–Crippen MR) is 110 cm³/mol. The van der Waals surface area contributed by atoms with Gasteiger partial charge >= 0.3 is 0 Å². The first-order valence-electron chi connectivity index (χ1n) is 7.85. The monoisotopic (exact) mass is 401 g/mol. The number of rotatable bonds is 6. The molecule has 1 N–H and O–H groups in total. The molecule has 0 unspecified atom stereocenters. The molecule has 0 radical (unpaired) electrons. The zero-order valence-corrected chi connectivity index (χ0v) is 16.4. The Bertz CT molecular complexity index is 905. The highest BCUT2D eigenvalue weighted by Gasteiger charge is 2.07. The van der Waals surface area contributed by atoms with Crippen LogP contribution in [0.25, 0.3) is 6.08 Å². The van der Waals surface area contributed by atoms with Crippen molar-refractivity contribution in [3.05, 3.63) is 76.3 Å². The summed E-state index contributed by atoms with van der Waals surface area (Å²) in [5.74, 6) is 0.575. The second-order valence-corrected chi connectivity index (χ2v) is 8.16. The lowest BCUT2D eigenvalue weighted by Crippen LogP contribution is -2.07. The molecule has 3 aromatic rings. The number of carbonyl (C=O) groups is 1. The van der Waals surface area contributed by atoms with E-state index < -0.39 is 0 Å². The SMILES string of the molecule is Cc1ccc(CSc2nnc(NC(=O)C=Cc3ccc(Cl)cc3)s2)cc1. The van der Waals surface area contributed by atoms with Crippen molar-refractivity contribution in [2.24, 2.45) is 0 Å². The maximum Gasteiger partial charge on any atom is 0.250 e. The maximum atomic E-state index is 12.0. The molecule has 0 fully saturated rings. The molecule has 1 heterocycles. The van der Waals surface area contributed by atoms with Crippen LogP contribution in [-0.2, 0) is 10.5 Å². The van der Waals surface area contributed by atoms with E-state index in [2.05, 4.69) is 46.7 Å². The minimum absolute atomic E-state index is 0.244. The van der Waals surface area contributed by atoms with E-state index in [1.165, 1.54) is 28.5 Å². The second-order valence-electron chi connectivity index (χ2n) is 5.52. The number of benzene rings is 2. The number of nitrogens with zero attached hydrogens (tertiary/aromatic N) is 2. The number of hydrogen-bond acceptors (Lipinski definition) is 5. The fourth-order valence-electron chi connectivity index (χ4n) is 2.04. The van der Waals surface area contributed by atoms with Crippen LogP contribution < -0.4 is 5.32 Å². The highest BCUT2D eigenvalue weighted by molar-refractivity contribution is 8.00. The van der Waals surface area contributed by atoms with E-state index in [-0.39, 0.29) is 5.91 Å². The van der Waals surface area contributed by atoms with Crippen LogP contribution >= 0.6 is 34.7 Å². The van der Waals surface area contributed by atoms with Crippen molar-refractivity contribution in [1.29, 1.82) is 0 Å². The average Bonchev–Trinajstić information content (AvgIpc) is 3.08. The van der Waals surface area contributed by atoms with Gasteiger partial charge in [-0.1, -0.05) is 76.7 Å². The standard InChI is InChI=1S/C19H16ClN3OS2/c1-13-2-4-15(5-3-13)12-25-19-23-22-18(26-19)21-17(24)11-8-14-6-9-16(20)10-7-14/h2-11H,12H2,1H3,(H,21,22,24). The lowest BCUT2D eigenvalue weighted by molar-refractivity contribution is -0.111. The van der Waals surface area contributed by atoms with Crippen molar-refractivity contribution < 1.29 is 4.79 Å². The van der Waals surface area contributed by atoms with Gasteiger partial charge in [-0.15, -0.1) is 10.2 Å². The van der Waals surface area contributed by atoms with Gasteiger partial charge in [0.2, 0.25) is 11.0 Å². The van der Waals surface area contributed by atoms with E-state index in [0.29, 0.717) is 10.2 Å². The molecule has 26 heavy (non-hydrogen) atoms. The van der Waals surface area contributed by atoms with Gasteiger partial charge in [-0.2, -0.15) is 0 Å². The average molecular weight is 402 g/mol. The number of nitrogens with one attached hydrogen (secondary N) is 1. The van der Waals surface area contributed by atoms with E-state index >= 15 is 0 Å². The van der Waals surface area contributed by atoms with Gasteiger partial charge in [-0.3, -0.25) is 10.1 Å². The summed E-state index contributed by atoms with van der Waals surface area (Å²) in [4.78, 5) is 12.0. The molecule has 0 saturated heterocycles. The zero-order valence-electron chi connectivity index (χ0n) is 14.0. The number of thioether (sulfide) groups is 1. The van der Waals surface area contributed by atoms with E-state index in [1.807, 2.05) is 12.1 Å². The smallest absolute Gasteiger partial charge is 0.250 e. The van der Waals surface area contributed by atoms with Crippen molar-refractivity contribution in [3.8, 4) is 0 Å². The van der Waals surface area contributed by atoms with Crippen LogP contribution in [0, 0.1) is 6.92 Å². The van der Waals surface area contributed by atoms with Crippen molar-refractivity contribution >= 4 is 51.8 Å². The molecule has 0 aliphatic rings. The van der Waals surface area contributed by atoms with Gasteiger partial charge in [-0.25, -0.2) is 0 Å². The minimum atomic E-state index is -0.244. The van der Waals surface area contributed by atoms with Crippen LogP contribution in [0.1, 0.15) is 16.7 Å². The van der Waals surface area contributed by atoms with Crippen LogP contribution in [0.5, 0.6) is 0 Å². The number of aromatic nitrogens is 2. The molecule has 0 spiro atoms. The summed E-state index contributed by atoms with van der Waals surface area (Å²) in [6, 6.07) is 15.6. The maximum absolute atomic E-state index is 12.0. The Kier molecular flexibility index (Phi) is 6.44. The minimum Gasteiger partial charge on any atom is -0.297 e. The summed E-state index contributed by atoms with van der Waals surface area (Å²) in [6.07, 6.45) is 3.18. The zero-order chi connectivity index (χ0) is 18.4. The summed E-state index contributed by atoms with van der Waals surface area (Å²) in [5, 5.41) is 12.0. The summed E-state index contributed by atoms with van der Waals surface area (Å²) in [5.41, 5.74) is 3.37.